The summed E-state index contributed by atoms with van der Waals surface area (Å²) in [6.45, 7) is 2.20. The summed E-state index contributed by atoms with van der Waals surface area (Å²) in [6, 6.07) is 12.9. The molecule has 1 saturated heterocycles. The maximum absolute atomic E-state index is 12.6. The predicted molar refractivity (Wildman–Crippen MR) is 92.7 cm³/mol. The molecule has 140 valence electrons. The minimum absolute atomic E-state index is 0.189. The van der Waals surface area contributed by atoms with E-state index in [4.69, 9.17) is 4.74 Å². The predicted octanol–water partition coefficient (Wildman–Crippen LogP) is 4.24. The molecule has 26 heavy (non-hydrogen) atoms. The van der Waals surface area contributed by atoms with Crippen LogP contribution in [0.4, 0.5) is 13.2 Å². The van der Waals surface area contributed by atoms with E-state index in [9.17, 15) is 18.3 Å². The van der Waals surface area contributed by atoms with E-state index < -0.39 is 11.7 Å². The molecule has 0 saturated carbocycles. The number of nitrogens with zero attached hydrogens (tertiary/aromatic N) is 1. The number of hydrogen-bond acceptors (Lipinski definition) is 3. The lowest BCUT2D eigenvalue weighted by atomic mass is 10.1. The van der Waals surface area contributed by atoms with Crippen molar-refractivity contribution in [1.29, 1.82) is 0 Å². The Kier molecular flexibility index (Phi) is 5.84. The number of alkyl halides is 3. The molecule has 2 aromatic carbocycles. The van der Waals surface area contributed by atoms with Gasteiger partial charge in [0.1, 0.15) is 12.4 Å². The fourth-order valence-corrected chi connectivity index (χ4v) is 3.19. The first-order chi connectivity index (χ1) is 12.5. The van der Waals surface area contributed by atoms with Crippen molar-refractivity contribution >= 4 is 0 Å². The molecule has 1 N–H and O–H groups in total. The third kappa shape index (κ3) is 4.77. The van der Waals surface area contributed by atoms with E-state index >= 15 is 0 Å². The minimum atomic E-state index is -4.32. The number of hydrogen-bond donors (Lipinski definition) is 1. The van der Waals surface area contributed by atoms with Gasteiger partial charge in [-0.1, -0.05) is 24.3 Å². The first kappa shape index (κ1) is 18.7. The highest BCUT2D eigenvalue weighted by Gasteiger charge is 2.29. The normalized spacial score (nSPS) is 18.2. The van der Waals surface area contributed by atoms with Gasteiger partial charge in [-0.2, -0.15) is 13.2 Å². The molecule has 0 spiro atoms. The van der Waals surface area contributed by atoms with Gasteiger partial charge >= 0.3 is 6.18 Å². The van der Waals surface area contributed by atoms with Crippen molar-refractivity contribution in [3.8, 4) is 5.75 Å². The second-order valence-electron chi connectivity index (χ2n) is 6.58. The van der Waals surface area contributed by atoms with Gasteiger partial charge in [0.15, 0.2) is 0 Å². The molecule has 3 nitrogen and oxygen atoms in total. The molecule has 0 radical (unpaired) electrons. The van der Waals surface area contributed by atoms with Crippen molar-refractivity contribution in [2.24, 2.45) is 0 Å². The summed E-state index contributed by atoms with van der Waals surface area (Å²) in [7, 11) is 0. The average molecular weight is 365 g/mol. The van der Waals surface area contributed by atoms with Gasteiger partial charge in [0.25, 0.3) is 0 Å². The second kappa shape index (κ2) is 8.10. The fourth-order valence-electron chi connectivity index (χ4n) is 3.19. The van der Waals surface area contributed by atoms with Gasteiger partial charge in [-0.25, -0.2) is 0 Å². The number of benzene rings is 2. The SMILES string of the molecule is OC[C@H]1CCCN1Cc1ccc(OCc2ccc(C(F)(F)F)cc2)cc1. The van der Waals surface area contributed by atoms with Crippen molar-refractivity contribution in [2.45, 2.75) is 38.2 Å². The average Bonchev–Trinajstić information content (AvgIpc) is 3.08. The molecule has 0 bridgehead atoms. The summed E-state index contributed by atoms with van der Waals surface area (Å²) in [4.78, 5) is 2.28. The third-order valence-electron chi connectivity index (χ3n) is 4.71. The summed E-state index contributed by atoms with van der Waals surface area (Å²) in [5.74, 6) is 0.675. The number of halogens is 3. The smallest absolute Gasteiger partial charge is 0.416 e. The van der Waals surface area contributed by atoms with Crippen LogP contribution in [0.1, 0.15) is 29.5 Å². The molecular formula is C20H22F3NO2. The molecule has 0 aromatic heterocycles. The van der Waals surface area contributed by atoms with Crippen LogP contribution in [0.3, 0.4) is 0 Å². The first-order valence-corrected chi connectivity index (χ1v) is 8.68. The molecule has 1 atom stereocenters. The van der Waals surface area contributed by atoms with E-state index in [2.05, 4.69) is 4.90 Å². The Balaban J connectivity index is 1.53. The molecular weight excluding hydrogens is 343 g/mol. The van der Waals surface area contributed by atoms with Crippen molar-refractivity contribution in [3.05, 3.63) is 65.2 Å². The number of ether oxygens (including phenoxy) is 1. The van der Waals surface area contributed by atoms with Crippen molar-refractivity contribution in [2.75, 3.05) is 13.2 Å². The van der Waals surface area contributed by atoms with Gasteiger partial charge in [-0.3, -0.25) is 4.90 Å². The minimum Gasteiger partial charge on any atom is -0.489 e. The Morgan fingerprint density at radius 2 is 1.65 bits per heavy atom. The second-order valence-corrected chi connectivity index (χ2v) is 6.58. The standard InChI is InChI=1S/C20H22F3NO2/c21-20(22,23)17-7-3-16(4-8-17)14-26-19-9-5-15(6-10-19)12-24-11-1-2-18(24)13-25/h3-10,18,25H,1-2,11-14H2/t18-/m1/s1. The zero-order chi connectivity index (χ0) is 18.6. The van der Waals surface area contributed by atoms with Crippen LogP contribution in [0.5, 0.6) is 5.75 Å². The van der Waals surface area contributed by atoms with E-state index in [0.717, 1.165) is 43.6 Å². The Labute approximate surface area is 151 Å². The molecule has 0 amide bonds. The van der Waals surface area contributed by atoms with E-state index in [1.807, 2.05) is 24.3 Å². The van der Waals surface area contributed by atoms with Crippen molar-refractivity contribution in [3.63, 3.8) is 0 Å². The van der Waals surface area contributed by atoms with Crippen LogP contribution in [0.2, 0.25) is 0 Å². The lowest BCUT2D eigenvalue weighted by Crippen LogP contribution is -2.31. The maximum atomic E-state index is 12.6. The number of aliphatic hydroxyl groups excluding tert-OH is 1. The van der Waals surface area contributed by atoms with Crippen LogP contribution >= 0.6 is 0 Å². The Morgan fingerprint density at radius 1 is 1.00 bits per heavy atom. The van der Waals surface area contributed by atoms with Gasteiger partial charge < -0.3 is 9.84 Å². The van der Waals surface area contributed by atoms with Crippen LogP contribution in [-0.4, -0.2) is 29.2 Å². The van der Waals surface area contributed by atoms with Crippen LogP contribution in [0.25, 0.3) is 0 Å². The summed E-state index contributed by atoms with van der Waals surface area (Å²) in [5.41, 5.74) is 1.17. The van der Waals surface area contributed by atoms with E-state index in [1.54, 1.807) is 0 Å². The zero-order valence-electron chi connectivity index (χ0n) is 14.4. The maximum Gasteiger partial charge on any atom is 0.416 e. The summed E-state index contributed by atoms with van der Waals surface area (Å²) < 4.78 is 43.3. The van der Waals surface area contributed by atoms with Crippen LogP contribution in [0.15, 0.2) is 48.5 Å². The Morgan fingerprint density at radius 3 is 2.27 bits per heavy atom. The highest BCUT2D eigenvalue weighted by Crippen LogP contribution is 2.29. The van der Waals surface area contributed by atoms with Gasteiger partial charge in [0.05, 0.1) is 12.2 Å². The summed E-state index contributed by atoms with van der Waals surface area (Å²) in [5, 5.41) is 9.37. The summed E-state index contributed by atoms with van der Waals surface area (Å²) >= 11 is 0. The van der Waals surface area contributed by atoms with E-state index in [-0.39, 0.29) is 19.3 Å². The largest absolute Gasteiger partial charge is 0.489 e. The molecule has 1 aliphatic heterocycles. The fraction of sp³-hybridized carbons (Fsp3) is 0.400. The number of likely N-dealkylation sites (tertiary alicyclic amines) is 1. The third-order valence-corrected chi connectivity index (χ3v) is 4.71. The van der Waals surface area contributed by atoms with Crippen molar-refractivity contribution in [1.82, 2.24) is 4.90 Å². The Hall–Kier alpha value is -2.05. The van der Waals surface area contributed by atoms with Gasteiger partial charge in [0.2, 0.25) is 0 Å². The summed E-state index contributed by atoms with van der Waals surface area (Å²) in [6.07, 6.45) is -2.18. The lowest BCUT2D eigenvalue weighted by Gasteiger charge is -2.22. The molecule has 0 unspecified atom stereocenters. The first-order valence-electron chi connectivity index (χ1n) is 8.68. The molecule has 1 heterocycles. The molecule has 3 rings (SSSR count). The molecule has 0 aliphatic carbocycles. The molecule has 6 heteroatoms. The zero-order valence-corrected chi connectivity index (χ0v) is 14.4. The monoisotopic (exact) mass is 365 g/mol. The van der Waals surface area contributed by atoms with Crippen LogP contribution in [-0.2, 0) is 19.3 Å². The quantitative estimate of drug-likeness (QED) is 0.831. The van der Waals surface area contributed by atoms with Crippen molar-refractivity contribution < 1.29 is 23.0 Å². The highest BCUT2D eigenvalue weighted by molar-refractivity contribution is 5.29. The van der Waals surface area contributed by atoms with E-state index in [0.29, 0.717) is 11.3 Å². The van der Waals surface area contributed by atoms with Gasteiger partial charge in [0, 0.05) is 12.6 Å². The van der Waals surface area contributed by atoms with Gasteiger partial charge in [-0.05, 0) is 54.8 Å². The van der Waals surface area contributed by atoms with Gasteiger partial charge in [-0.15, -0.1) is 0 Å². The molecule has 2 aromatic rings. The molecule has 1 aliphatic rings. The lowest BCUT2D eigenvalue weighted by molar-refractivity contribution is -0.137. The number of aliphatic hydroxyl groups is 1. The van der Waals surface area contributed by atoms with Crippen LogP contribution < -0.4 is 4.74 Å². The van der Waals surface area contributed by atoms with E-state index in [1.165, 1.54) is 12.1 Å². The topological polar surface area (TPSA) is 32.7 Å². The van der Waals surface area contributed by atoms with Crippen LogP contribution in [0, 0.1) is 0 Å². The Bertz CT molecular complexity index is 698. The number of rotatable bonds is 6. The molecule has 1 fully saturated rings. The highest BCUT2D eigenvalue weighted by atomic mass is 19.4.